The molecule has 2 heterocycles. The van der Waals surface area contributed by atoms with E-state index in [9.17, 15) is 4.79 Å². The van der Waals surface area contributed by atoms with Gasteiger partial charge in [-0.2, -0.15) is 5.10 Å². The van der Waals surface area contributed by atoms with Gasteiger partial charge < -0.3 is 4.90 Å². The van der Waals surface area contributed by atoms with E-state index in [0.29, 0.717) is 5.82 Å². The Balaban J connectivity index is 1.89. The van der Waals surface area contributed by atoms with Crippen LogP contribution in [0.5, 0.6) is 0 Å². The molecule has 1 aliphatic rings. The number of aromatic nitrogens is 2. The number of aromatic amines is 1. The van der Waals surface area contributed by atoms with Crippen LogP contribution in [0, 0.1) is 0 Å². The molecule has 16 heavy (non-hydrogen) atoms. The van der Waals surface area contributed by atoms with Crippen molar-refractivity contribution in [1.29, 1.82) is 0 Å². The summed E-state index contributed by atoms with van der Waals surface area (Å²) in [6.45, 7) is 3.83. The van der Waals surface area contributed by atoms with E-state index in [1.807, 2.05) is 11.0 Å². The zero-order valence-corrected chi connectivity index (χ0v) is 9.62. The molecule has 1 aromatic heterocycles. The third kappa shape index (κ3) is 2.53. The number of urea groups is 1. The first-order valence-corrected chi connectivity index (χ1v) is 5.90. The van der Waals surface area contributed by atoms with Crippen LogP contribution < -0.4 is 5.32 Å². The van der Waals surface area contributed by atoms with Gasteiger partial charge in [0.2, 0.25) is 0 Å². The van der Waals surface area contributed by atoms with Gasteiger partial charge in [-0.1, -0.05) is 13.3 Å². The van der Waals surface area contributed by atoms with Gasteiger partial charge in [0, 0.05) is 24.8 Å². The summed E-state index contributed by atoms with van der Waals surface area (Å²) in [7, 11) is 0. The van der Waals surface area contributed by atoms with Crippen LogP contribution in [-0.4, -0.2) is 34.2 Å². The molecule has 0 unspecified atom stereocenters. The van der Waals surface area contributed by atoms with E-state index in [1.165, 1.54) is 0 Å². The van der Waals surface area contributed by atoms with Crippen LogP contribution in [0.25, 0.3) is 0 Å². The van der Waals surface area contributed by atoms with Crippen molar-refractivity contribution in [3.63, 3.8) is 0 Å². The fraction of sp³-hybridized carbons (Fsp3) is 0.636. The highest BCUT2D eigenvalue weighted by Gasteiger charge is 2.18. The van der Waals surface area contributed by atoms with Crippen molar-refractivity contribution in [2.45, 2.75) is 32.6 Å². The van der Waals surface area contributed by atoms with Crippen LogP contribution in [0.2, 0.25) is 0 Å². The molecule has 1 fully saturated rings. The van der Waals surface area contributed by atoms with E-state index in [4.69, 9.17) is 0 Å². The molecule has 0 spiro atoms. The number of anilines is 1. The number of amides is 2. The quantitative estimate of drug-likeness (QED) is 0.821. The third-order valence-corrected chi connectivity index (χ3v) is 2.78. The van der Waals surface area contributed by atoms with Gasteiger partial charge in [-0.05, 0) is 19.3 Å². The molecule has 2 N–H and O–H groups in total. The Kier molecular flexibility index (Phi) is 3.44. The number of rotatable bonds is 3. The molecule has 1 aromatic rings. The lowest BCUT2D eigenvalue weighted by Gasteiger charge is -2.14. The molecule has 5 heteroatoms. The normalized spacial score (nSPS) is 15.4. The van der Waals surface area contributed by atoms with Crippen molar-refractivity contribution in [1.82, 2.24) is 15.1 Å². The molecule has 0 bridgehead atoms. The zero-order valence-electron chi connectivity index (χ0n) is 9.62. The van der Waals surface area contributed by atoms with E-state index in [1.54, 1.807) is 0 Å². The lowest BCUT2D eigenvalue weighted by molar-refractivity contribution is 0.222. The predicted octanol–water partition coefficient (Wildman–Crippen LogP) is 1.99. The Morgan fingerprint density at radius 1 is 1.56 bits per heavy atom. The van der Waals surface area contributed by atoms with Crippen molar-refractivity contribution >= 4 is 11.8 Å². The number of likely N-dealkylation sites (tertiary alicyclic amines) is 1. The van der Waals surface area contributed by atoms with E-state index >= 15 is 0 Å². The van der Waals surface area contributed by atoms with E-state index in [-0.39, 0.29) is 6.03 Å². The molecule has 0 aliphatic carbocycles. The Bertz CT molecular complexity index is 355. The molecule has 0 saturated carbocycles. The maximum absolute atomic E-state index is 11.7. The maximum atomic E-state index is 11.7. The predicted molar refractivity (Wildman–Crippen MR) is 62.4 cm³/mol. The van der Waals surface area contributed by atoms with E-state index < -0.39 is 0 Å². The van der Waals surface area contributed by atoms with Gasteiger partial charge in [0.25, 0.3) is 0 Å². The SMILES string of the molecule is CCCc1cc(NC(=O)N2CCCC2)n[nH]1. The minimum absolute atomic E-state index is 0.0351. The van der Waals surface area contributed by atoms with Crippen LogP contribution in [0.4, 0.5) is 10.6 Å². The van der Waals surface area contributed by atoms with Gasteiger partial charge in [0.05, 0.1) is 0 Å². The average Bonchev–Trinajstić information content (AvgIpc) is 2.89. The molecular weight excluding hydrogens is 204 g/mol. The monoisotopic (exact) mass is 222 g/mol. The summed E-state index contributed by atoms with van der Waals surface area (Å²) in [5, 5.41) is 9.79. The molecule has 88 valence electrons. The smallest absolute Gasteiger partial charge is 0.323 e. The van der Waals surface area contributed by atoms with Crippen LogP contribution >= 0.6 is 0 Å². The van der Waals surface area contributed by atoms with Gasteiger partial charge in [0.1, 0.15) is 0 Å². The second-order valence-electron chi connectivity index (χ2n) is 4.15. The van der Waals surface area contributed by atoms with Crippen LogP contribution in [0.3, 0.4) is 0 Å². The lowest BCUT2D eigenvalue weighted by atomic mass is 10.2. The summed E-state index contributed by atoms with van der Waals surface area (Å²) in [5.74, 6) is 0.625. The minimum Gasteiger partial charge on any atom is -0.324 e. The Morgan fingerprint density at radius 3 is 3.00 bits per heavy atom. The van der Waals surface area contributed by atoms with Gasteiger partial charge in [-0.15, -0.1) is 0 Å². The molecular formula is C11H18N4O. The van der Waals surface area contributed by atoms with Crippen LogP contribution in [-0.2, 0) is 6.42 Å². The first kappa shape index (κ1) is 11.0. The van der Waals surface area contributed by atoms with Gasteiger partial charge in [-0.25, -0.2) is 4.79 Å². The number of carbonyl (C=O) groups is 1. The summed E-state index contributed by atoms with van der Waals surface area (Å²) in [4.78, 5) is 13.6. The number of nitrogens with zero attached hydrogens (tertiary/aromatic N) is 2. The van der Waals surface area contributed by atoms with Crippen LogP contribution in [0.15, 0.2) is 6.07 Å². The Hall–Kier alpha value is -1.52. The van der Waals surface area contributed by atoms with Gasteiger partial charge >= 0.3 is 6.03 Å². The third-order valence-electron chi connectivity index (χ3n) is 2.78. The second kappa shape index (κ2) is 5.01. The van der Waals surface area contributed by atoms with Crippen molar-refractivity contribution in [2.24, 2.45) is 0 Å². The number of hydrogen-bond donors (Lipinski definition) is 2. The largest absolute Gasteiger partial charge is 0.324 e. The fourth-order valence-electron chi connectivity index (χ4n) is 1.93. The summed E-state index contributed by atoms with van der Waals surface area (Å²) in [6, 6.07) is 1.87. The topological polar surface area (TPSA) is 61.0 Å². The first-order chi connectivity index (χ1) is 7.79. The van der Waals surface area contributed by atoms with Crippen LogP contribution in [0.1, 0.15) is 31.9 Å². The minimum atomic E-state index is -0.0351. The molecule has 5 nitrogen and oxygen atoms in total. The molecule has 2 rings (SSSR count). The number of nitrogens with one attached hydrogen (secondary N) is 2. The Morgan fingerprint density at radius 2 is 2.31 bits per heavy atom. The fourth-order valence-corrected chi connectivity index (χ4v) is 1.93. The molecule has 2 amide bonds. The highest BCUT2D eigenvalue weighted by Crippen LogP contribution is 2.11. The average molecular weight is 222 g/mol. The summed E-state index contributed by atoms with van der Waals surface area (Å²) in [6.07, 6.45) is 4.25. The molecule has 0 aromatic carbocycles. The zero-order chi connectivity index (χ0) is 11.4. The number of aryl methyl sites for hydroxylation is 1. The second-order valence-corrected chi connectivity index (χ2v) is 4.15. The summed E-state index contributed by atoms with van der Waals surface area (Å²) < 4.78 is 0. The molecule has 0 atom stereocenters. The first-order valence-electron chi connectivity index (χ1n) is 5.90. The van der Waals surface area contributed by atoms with E-state index in [0.717, 1.165) is 44.5 Å². The lowest BCUT2D eigenvalue weighted by Crippen LogP contribution is -2.32. The number of carbonyl (C=O) groups excluding carboxylic acids is 1. The summed E-state index contributed by atoms with van der Waals surface area (Å²) in [5.41, 5.74) is 1.07. The highest BCUT2D eigenvalue weighted by molar-refractivity contribution is 5.88. The molecule has 0 radical (unpaired) electrons. The summed E-state index contributed by atoms with van der Waals surface area (Å²) >= 11 is 0. The molecule has 1 aliphatic heterocycles. The number of H-pyrrole nitrogens is 1. The van der Waals surface area contributed by atoms with Crippen molar-refractivity contribution in [3.05, 3.63) is 11.8 Å². The van der Waals surface area contributed by atoms with Gasteiger partial charge in [0.15, 0.2) is 5.82 Å². The van der Waals surface area contributed by atoms with Gasteiger partial charge in [-0.3, -0.25) is 10.4 Å². The maximum Gasteiger partial charge on any atom is 0.323 e. The van der Waals surface area contributed by atoms with E-state index in [2.05, 4.69) is 22.4 Å². The standard InChI is InChI=1S/C11H18N4O/c1-2-5-9-8-10(14-13-9)12-11(16)15-6-3-4-7-15/h8H,2-7H2,1H3,(H2,12,13,14,16). The van der Waals surface area contributed by atoms with Crippen molar-refractivity contribution in [2.75, 3.05) is 18.4 Å². The Labute approximate surface area is 95.2 Å². The highest BCUT2D eigenvalue weighted by atomic mass is 16.2. The molecule has 1 saturated heterocycles. The van der Waals surface area contributed by atoms with Crippen molar-refractivity contribution in [3.8, 4) is 0 Å². The van der Waals surface area contributed by atoms with Crippen molar-refractivity contribution < 1.29 is 4.79 Å². The number of hydrogen-bond acceptors (Lipinski definition) is 2.